The molecule has 1 N–H and O–H groups in total. The molecule has 1 unspecified atom stereocenters. The summed E-state index contributed by atoms with van der Waals surface area (Å²) in [5, 5.41) is 9.17. The van der Waals surface area contributed by atoms with Gasteiger partial charge in [-0.2, -0.15) is 13.2 Å². The third kappa shape index (κ3) is 2.06. The molecule has 1 heterocycles. The Labute approximate surface area is 79.2 Å². The third-order valence-corrected chi connectivity index (χ3v) is 2.01. The predicted molar refractivity (Wildman–Crippen MR) is 43.6 cm³/mol. The first-order chi connectivity index (χ1) is 6.24. The van der Waals surface area contributed by atoms with Crippen LogP contribution in [0.3, 0.4) is 0 Å². The van der Waals surface area contributed by atoms with Crippen molar-refractivity contribution >= 4 is 0 Å². The zero-order chi connectivity index (χ0) is 11.0. The smallest absolute Gasteiger partial charge is 0.379 e. The van der Waals surface area contributed by atoms with Crippen LogP contribution < -0.4 is 0 Å². The molecule has 0 aliphatic heterocycles. The predicted octanol–water partition coefficient (Wildman–Crippen LogP) is 1.50. The van der Waals surface area contributed by atoms with E-state index in [1.54, 1.807) is 6.92 Å². The van der Waals surface area contributed by atoms with E-state index in [0.717, 1.165) is 6.92 Å². The highest BCUT2D eigenvalue weighted by Crippen LogP contribution is 2.31. The average molecular weight is 208 g/mol. The first-order valence-electron chi connectivity index (χ1n) is 4.01. The minimum absolute atomic E-state index is 0.439. The van der Waals surface area contributed by atoms with E-state index in [1.807, 2.05) is 0 Å². The zero-order valence-electron chi connectivity index (χ0n) is 7.84. The molecule has 0 spiro atoms. The molecule has 0 aliphatic rings. The highest BCUT2D eigenvalue weighted by molar-refractivity contribution is 4.93. The number of hydrogen-bond acceptors (Lipinski definition) is 2. The molecule has 1 aromatic rings. The molecule has 0 amide bonds. The number of rotatable bonds is 2. The molecule has 0 saturated heterocycles. The van der Waals surface area contributed by atoms with Crippen molar-refractivity contribution in [2.45, 2.75) is 32.2 Å². The molecule has 6 heteroatoms. The molecule has 1 aromatic heterocycles. The number of aliphatic hydroxyl groups is 1. The van der Waals surface area contributed by atoms with E-state index in [1.165, 1.54) is 17.0 Å². The molecule has 0 radical (unpaired) electrons. The van der Waals surface area contributed by atoms with Crippen LogP contribution in [0, 0.1) is 6.92 Å². The van der Waals surface area contributed by atoms with E-state index in [4.69, 9.17) is 0 Å². The van der Waals surface area contributed by atoms with Crippen molar-refractivity contribution in [3.63, 3.8) is 0 Å². The molecule has 0 bridgehead atoms. The number of halogens is 3. The lowest BCUT2D eigenvalue weighted by atomic mass is 10.1. The number of alkyl halides is 3. The zero-order valence-corrected chi connectivity index (χ0v) is 7.84. The summed E-state index contributed by atoms with van der Waals surface area (Å²) in [5.74, 6) is 0.439. The second-order valence-corrected chi connectivity index (χ2v) is 3.37. The van der Waals surface area contributed by atoms with Gasteiger partial charge in [-0.1, -0.05) is 0 Å². The quantitative estimate of drug-likeness (QED) is 0.799. The maximum Gasteiger partial charge on any atom is 0.418 e. The molecule has 0 aromatic carbocycles. The van der Waals surface area contributed by atoms with Crippen LogP contribution in [0.15, 0.2) is 12.4 Å². The molecule has 80 valence electrons. The van der Waals surface area contributed by atoms with Crippen molar-refractivity contribution in [2.24, 2.45) is 0 Å². The van der Waals surface area contributed by atoms with Gasteiger partial charge in [-0.15, -0.1) is 0 Å². The van der Waals surface area contributed by atoms with E-state index in [-0.39, 0.29) is 0 Å². The molecule has 14 heavy (non-hydrogen) atoms. The number of hydrogen-bond donors (Lipinski definition) is 1. The van der Waals surface area contributed by atoms with Crippen molar-refractivity contribution in [1.29, 1.82) is 0 Å². The summed E-state index contributed by atoms with van der Waals surface area (Å²) < 4.78 is 38.1. The van der Waals surface area contributed by atoms with Gasteiger partial charge in [-0.3, -0.25) is 0 Å². The van der Waals surface area contributed by atoms with Gasteiger partial charge in [-0.25, -0.2) is 4.98 Å². The normalized spacial score (nSPS) is 16.7. The van der Waals surface area contributed by atoms with Crippen LogP contribution in [-0.2, 0) is 6.54 Å². The van der Waals surface area contributed by atoms with Crippen LogP contribution in [0.2, 0.25) is 0 Å². The summed E-state index contributed by atoms with van der Waals surface area (Å²) >= 11 is 0. The van der Waals surface area contributed by atoms with Crippen LogP contribution in [-0.4, -0.2) is 26.4 Å². The van der Waals surface area contributed by atoms with Gasteiger partial charge < -0.3 is 9.67 Å². The third-order valence-electron chi connectivity index (χ3n) is 2.01. The molecule has 1 atom stereocenters. The van der Waals surface area contributed by atoms with Gasteiger partial charge in [-0.05, 0) is 13.8 Å². The molecule has 1 rings (SSSR count). The van der Waals surface area contributed by atoms with E-state index in [9.17, 15) is 18.3 Å². The van der Waals surface area contributed by atoms with Gasteiger partial charge in [0, 0.05) is 12.4 Å². The van der Waals surface area contributed by atoms with E-state index >= 15 is 0 Å². The lowest BCUT2D eigenvalue weighted by Gasteiger charge is -2.26. The lowest BCUT2D eigenvalue weighted by molar-refractivity contribution is -0.257. The number of aromatic nitrogens is 2. The second-order valence-electron chi connectivity index (χ2n) is 3.37. The van der Waals surface area contributed by atoms with Crippen molar-refractivity contribution in [1.82, 2.24) is 9.55 Å². The fraction of sp³-hybridized carbons (Fsp3) is 0.625. The Hall–Kier alpha value is -1.04. The molecular formula is C8H11F3N2O. The van der Waals surface area contributed by atoms with E-state index < -0.39 is 18.3 Å². The van der Waals surface area contributed by atoms with Gasteiger partial charge >= 0.3 is 6.18 Å². The van der Waals surface area contributed by atoms with Gasteiger partial charge in [0.25, 0.3) is 0 Å². The Morgan fingerprint density at radius 1 is 1.50 bits per heavy atom. The lowest BCUT2D eigenvalue weighted by Crippen LogP contribution is -2.45. The summed E-state index contributed by atoms with van der Waals surface area (Å²) in [6.07, 6.45) is -1.85. The Morgan fingerprint density at radius 2 is 2.07 bits per heavy atom. The summed E-state index contributed by atoms with van der Waals surface area (Å²) in [4.78, 5) is 3.77. The second kappa shape index (κ2) is 3.27. The van der Waals surface area contributed by atoms with Crippen molar-refractivity contribution in [2.75, 3.05) is 0 Å². The van der Waals surface area contributed by atoms with Crippen molar-refractivity contribution < 1.29 is 18.3 Å². The topological polar surface area (TPSA) is 38.0 Å². The largest absolute Gasteiger partial charge is 0.418 e. The Balaban J connectivity index is 2.84. The maximum atomic E-state index is 12.3. The standard InChI is InChI=1S/C8H11F3N2O/c1-6-12-3-4-13(6)5-7(2,14)8(9,10)11/h3-4,14H,5H2,1-2H3. The van der Waals surface area contributed by atoms with Crippen LogP contribution in [0.4, 0.5) is 13.2 Å². The van der Waals surface area contributed by atoms with Gasteiger partial charge in [0.15, 0.2) is 5.60 Å². The average Bonchev–Trinajstić information content (AvgIpc) is 2.33. The van der Waals surface area contributed by atoms with Gasteiger partial charge in [0.05, 0.1) is 6.54 Å². The van der Waals surface area contributed by atoms with E-state index in [2.05, 4.69) is 4.98 Å². The highest BCUT2D eigenvalue weighted by atomic mass is 19.4. The van der Waals surface area contributed by atoms with Crippen LogP contribution in [0.1, 0.15) is 12.7 Å². The monoisotopic (exact) mass is 208 g/mol. The van der Waals surface area contributed by atoms with Crippen LogP contribution >= 0.6 is 0 Å². The van der Waals surface area contributed by atoms with Crippen molar-refractivity contribution in [3.05, 3.63) is 18.2 Å². The number of nitrogens with zero attached hydrogens (tertiary/aromatic N) is 2. The SMILES string of the molecule is Cc1nccn1CC(C)(O)C(F)(F)F. The molecular weight excluding hydrogens is 197 g/mol. The first-order valence-corrected chi connectivity index (χ1v) is 4.01. The van der Waals surface area contributed by atoms with Gasteiger partial charge in [0.2, 0.25) is 0 Å². The summed E-state index contributed by atoms with van der Waals surface area (Å²) in [6.45, 7) is 1.78. The minimum Gasteiger partial charge on any atom is -0.379 e. The Bertz CT molecular complexity index is 317. The first kappa shape index (κ1) is 11.0. The fourth-order valence-electron chi connectivity index (χ4n) is 0.992. The molecule has 3 nitrogen and oxygen atoms in total. The summed E-state index contributed by atoms with van der Waals surface area (Å²) in [5.41, 5.74) is -2.72. The Kier molecular flexibility index (Phi) is 2.58. The number of imidazole rings is 1. The molecule has 0 saturated carbocycles. The molecule has 0 aliphatic carbocycles. The minimum atomic E-state index is -4.64. The fourth-order valence-corrected chi connectivity index (χ4v) is 0.992. The van der Waals surface area contributed by atoms with Crippen LogP contribution in [0.5, 0.6) is 0 Å². The molecule has 0 fully saturated rings. The van der Waals surface area contributed by atoms with E-state index in [0.29, 0.717) is 5.82 Å². The number of aryl methyl sites for hydroxylation is 1. The van der Waals surface area contributed by atoms with Crippen molar-refractivity contribution in [3.8, 4) is 0 Å². The summed E-state index contributed by atoms with van der Waals surface area (Å²) in [6, 6.07) is 0. The Morgan fingerprint density at radius 3 is 2.43 bits per heavy atom. The maximum absolute atomic E-state index is 12.3. The highest BCUT2D eigenvalue weighted by Gasteiger charge is 2.50. The summed E-state index contributed by atoms with van der Waals surface area (Å²) in [7, 11) is 0. The van der Waals surface area contributed by atoms with Crippen LogP contribution in [0.25, 0.3) is 0 Å². The van der Waals surface area contributed by atoms with Gasteiger partial charge in [0.1, 0.15) is 5.82 Å².